The van der Waals surface area contributed by atoms with Gasteiger partial charge in [-0.25, -0.2) is 4.98 Å². The van der Waals surface area contributed by atoms with Gasteiger partial charge in [0.05, 0.1) is 18.6 Å². The fraction of sp³-hybridized carbons (Fsp3) is 0.333. The summed E-state index contributed by atoms with van der Waals surface area (Å²) in [7, 11) is 0. The van der Waals surface area contributed by atoms with E-state index in [0.717, 1.165) is 26.1 Å². The molecule has 0 aliphatic carbocycles. The maximum absolute atomic E-state index is 4.43. The summed E-state index contributed by atoms with van der Waals surface area (Å²) in [5, 5.41) is 3.33. The van der Waals surface area contributed by atoms with Crippen molar-refractivity contribution < 1.29 is 0 Å². The van der Waals surface area contributed by atoms with Crippen LogP contribution in [-0.4, -0.2) is 21.1 Å². The van der Waals surface area contributed by atoms with Crippen LogP contribution < -0.4 is 5.32 Å². The minimum Gasteiger partial charge on any atom is -0.330 e. The molecule has 0 bridgehead atoms. The van der Waals surface area contributed by atoms with Crippen LogP contribution in [0.2, 0.25) is 0 Å². The molecule has 3 rings (SSSR count). The SMILES string of the molecule is c1cncc(Cn2cnc3c2CCNC3)c1. The molecule has 3 heterocycles. The number of fused-ring (bicyclic) bond motifs is 1. The Morgan fingerprint density at radius 2 is 2.44 bits per heavy atom. The molecular formula is C12H14N4. The fourth-order valence-corrected chi connectivity index (χ4v) is 2.12. The summed E-state index contributed by atoms with van der Waals surface area (Å²) in [6.45, 7) is 2.82. The Morgan fingerprint density at radius 3 is 3.31 bits per heavy atom. The summed E-state index contributed by atoms with van der Waals surface area (Å²) in [5.74, 6) is 0. The summed E-state index contributed by atoms with van der Waals surface area (Å²) in [5.41, 5.74) is 3.78. The number of nitrogens with one attached hydrogen (secondary N) is 1. The van der Waals surface area contributed by atoms with Gasteiger partial charge in [0.2, 0.25) is 0 Å². The normalized spacial score (nSPS) is 14.8. The van der Waals surface area contributed by atoms with Gasteiger partial charge in [-0.15, -0.1) is 0 Å². The summed E-state index contributed by atoms with van der Waals surface area (Å²) in [4.78, 5) is 8.56. The van der Waals surface area contributed by atoms with Crippen LogP contribution in [0.4, 0.5) is 0 Å². The molecule has 0 unspecified atom stereocenters. The Balaban J connectivity index is 1.88. The van der Waals surface area contributed by atoms with Crippen LogP contribution in [-0.2, 0) is 19.5 Å². The lowest BCUT2D eigenvalue weighted by molar-refractivity contribution is 0.602. The fourth-order valence-electron chi connectivity index (χ4n) is 2.12. The lowest BCUT2D eigenvalue weighted by atomic mass is 10.2. The van der Waals surface area contributed by atoms with Crippen LogP contribution >= 0.6 is 0 Å². The smallest absolute Gasteiger partial charge is 0.0955 e. The molecule has 0 amide bonds. The summed E-state index contributed by atoms with van der Waals surface area (Å²) in [6, 6.07) is 4.07. The molecule has 0 atom stereocenters. The third-order valence-corrected chi connectivity index (χ3v) is 2.94. The number of hydrogen-bond donors (Lipinski definition) is 1. The molecule has 1 aliphatic rings. The van der Waals surface area contributed by atoms with Gasteiger partial charge >= 0.3 is 0 Å². The van der Waals surface area contributed by atoms with Gasteiger partial charge in [-0.1, -0.05) is 6.07 Å². The first-order valence-electron chi connectivity index (χ1n) is 5.56. The quantitative estimate of drug-likeness (QED) is 0.810. The first-order valence-corrected chi connectivity index (χ1v) is 5.56. The van der Waals surface area contributed by atoms with E-state index in [1.54, 1.807) is 6.20 Å². The minimum absolute atomic E-state index is 0.871. The van der Waals surface area contributed by atoms with E-state index in [0.29, 0.717) is 0 Å². The molecule has 1 aliphatic heterocycles. The molecule has 16 heavy (non-hydrogen) atoms. The average molecular weight is 214 g/mol. The number of hydrogen-bond acceptors (Lipinski definition) is 3. The predicted octanol–water partition coefficient (Wildman–Crippen LogP) is 0.972. The molecule has 4 heteroatoms. The summed E-state index contributed by atoms with van der Waals surface area (Å²) in [6.07, 6.45) is 6.71. The predicted molar refractivity (Wildman–Crippen MR) is 61.0 cm³/mol. The molecule has 1 N–H and O–H groups in total. The van der Waals surface area contributed by atoms with E-state index in [1.165, 1.54) is 17.0 Å². The summed E-state index contributed by atoms with van der Waals surface area (Å²) < 4.78 is 2.23. The van der Waals surface area contributed by atoms with Crippen molar-refractivity contribution in [1.82, 2.24) is 19.9 Å². The third-order valence-electron chi connectivity index (χ3n) is 2.94. The van der Waals surface area contributed by atoms with Crippen molar-refractivity contribution in [2.24, 2.45) is 0 Å². The topological polar surface area (TPSA) is 42.7 Å². The van der Waals surface area contributed by atoms with Gasteiger partial charge in [-0.2, -0.15) is 0 Å². The second-order valence-electron chi connectivity index (χ2n) is 4.05. The maximum atomic E-state index is 4.43. The molecule has 0 saturated heterocycles. The zero-order valence-electron chi connectivity index (χ0n) is 9.06. The van der Waals surface area contributed by atoms with Crippen LogP contribution in [0.1, 0.15) is 17.0 Å². The van der Waals surface area contributed by atoms with Gasteiger partial charge < -0.3 is 9.88 Å². The second-order valence-corrected chi connectivity index (χ2v) is 4.05. The Hall–Kier alpha value is -1.68. The van der Waals surface area contributed by atoms with Crippen LogP contribution in [0.15, 0.2) is 30.9 Å². The molecule has 82 valence electrons. The molecule has 0 aromatic carbocycles. The highest BCUT2D eigenvalue weighted by Crippen LogP contribution is 2.13. The number of pyridine rings is 1. The molecule has 0 radical (unpaired) electrons. The third kappa shape index (κ3) is 1.72. The first kappa shape index (κ1) is 9.54. The Bertz CT molecular complexity index is 475. The lowest BCUT2D eigenvalue weighted by Gasteiger charge is -2.15. The summed E-state index contributed by atoms with van der Waals surface area (Å²) >= 11 is 0. The number of nitrogens with zero attached hydrogens (tertiary/aromatic N) is 3. The minimum atomic E-state index is 0.871. The molecule has 2 aromatic rings. The van der Waals surface area contributed by atoms with Gasteiger partial charge in [0, 0.05) is 37.6 Å². The van der Waals surface area contributed by atoms with Gasteiger partial charge in [-0.05, 0) is 11.6 Å². The van der Waals surface area contributed by atoms with E-state index in [-0.39, 0.29) is 0 Å². The van der Waals surface area contributed by atoms with Crippen LogP contribution in [0.25, 0.3) is 0 Å². The zero-order valence-corrected chi connectivity index (χ0v) is 9.06. The van der Waals surface area contributed by atoms with Gasteiger partial charge in [0.15, 0.2) is 0 Å². The van der Waals surface area contributed by atoms with E-state index >= 15 is 0 Å². The molecule has 0 saturated carbocycles. The van der Waals surface area contributed by atoms with E-state index in [9.17, 15) is 0 Å². The van der Waals surface area contributed by atoms with E-state index in [2.05, 4.69) is 25.9 Å². The van der Waals surface area contributed by atoms with Crippen LogP contribution in [0, 0.1) is 0 Å². The van der Waals surface area contributed by atoms with Gasteiger partial charge in [-0.3, -0.25) is 4.98 Å². The molecule has 4 nitrogen and oxygen atoms in total. The van der Waals surface area contributed by atoms with Crippen molar-refractivity contribution in [1.29, 1.82) is 0 Å². The van der Waals surface area contributed by atoms with Crippen LogP contribution in [0.3, 0.4) is 0 Å². The number of rotatable bonds is 2. The van der Waals surface area contributed by atoms with Crippen molar-refractivity contribution >= 4 is 0 Å². The molecule has 0 spiro atoms. The second kappa shape index (κ2) is 4.06. The maximum Gasteiger partial charge on any atom is 0.0955 e. The Morgan fingerprint density at radius 1 is 1.44 bits per heavy atom. The van der Waals surface area contributed by atoms with Crippen molar-refractivity contribution in [3.05, 3.63) is 47.8 Å². The van der Waals surface area contributed by atoms with Crippen molar-refractivity contribution in [2.75, 3.05) is 6.54 Å². The molecule has 2 aromatic heterocycles. The standard InChI is InChI=1S/C12H14N4/c1-2-10(6-13-4-1)8-16-9-15-11-7-14-5-3-12(11)16/h1-2,4,6,9,14H,3,5,7-8H2. The highest BCUT2D eigenvalue weighted by Gasteiger charge is 2.14. The van der Waals surface area contributed by atoms with E-state index in [1.807, 2.05) is 18.6 Å². The van der Waals surface area contributed by atoms with E-state index in [4.69, 9.17) is 0 Å². The zero-order chi connectivity index (χ0) is 10.8. The van der Waals surface area contributed by atoms with Gasteiger partial charge in [0.1, 0.15) is 0 Å². The first-order chi connectivity index (χ1) is 7.93. The number of aromatic nitrogens is 3. The van der Waals surface area contributed by atoms with Crippen molar-refractivity contribution in [3.63, 3.8) is 0 Å². The van der Waals surface area contributed by atoms with Crippen molar-refractivity contribution in [3.8, 4) is 0 Å². The van der Waals surface area contributed by atoms with E-state index < -0.39 is 0 Å². The average Bonchev–Trinajstić information content (AvgIpc) is 2.74. The largest absolute Gasteiger partial charge is 0.330 e. The number of imidazole rings is 1. The van der Waals surface area contributed by atoms with Crippen molar-refractivity contribution in [2.45, 2.75) is 19.5 Å². The Kier molecular flexibility index (Phi) is 2.42. The molecule has 0 fully saturated rings. The van der Waals surface area contributed by atoms with Gasteiger partial charge in [0.25, 0.3) is 0 Å². The monoisotopic (exact) mass is 214 g/mol. The Labute approximate surface area is 94.4 Å². The molecular weight excluding hydrogens is 200 g/mol. The lowest BCUT2D eigenvalue weighted by Crippen LogP contribution is -2.25. The highest BCUT2D eigenvalue weighted by molar-refractivity contribution is 5.19. The van der Waals surface area contributed by atoms with Crippen LogP contribution in [0.5, 0.6) is 0 Å². The highest BCUT2D eigenvalue weighted by atomic mass is 15.1.